The Balaban J connectivity index is 0.000000321. The fraction of sp³-hybridized carbons (Fsp3) is 0.132. The number of aromatic nitrogens is 7. The molecule has 4 aromatic heterocycles. The van der Waals surface area contributed by atoms with E-state index in [0.717, 1.165) is 86.1 Å². The molecule has 13 rings (SSSR count). The lowest BCUT2D eigenvalue weighted by Crippen LogP contribution is -1.88. The van der Waals surface area contributed by atoms with Gasteiger partial charge >= 0.3 is 0 Å². The number of benzene rings is 7. The lowest BCUT2D eigenvalue weighted by atomic mass is 10.1. The van der Waals surface area contributed by atoms with Gasteiger partial charge in [0.05, 0.1) is 61.6 Å². The van der Waals surface area contributed by atoms with Gasteiger partial charge in [0.15, 0.2) is 11.4 Å². The summed E-state index contributed by atoms with van der Waals surface area (Å²) in [5.41, 5.74) is 16.8. The van der Waals surface area contributed by atoms with E-state index < -0.39 is 0 Å². The fourth-order valence-electron chi connectivity index (χ4n) is 6.90. The van der Waals surface area contributed by atoms with Crippen LogP contribution in [0.5, 0.6) is 0 Å². The Morgan fingerprint density at radius 3 is 1.38 bits per heavy atom. The zero-order valence-electron chi connectivity index (χ0n) is 49.3. The van der Waals surface area contributed by atoms with Crippen molar-refractivity contribution >= 4 is 79.3 Å². The summed E-state index contributed by atoms with van der Waals surface area (Å²) in [6.45, 7) is 27.1. The molecule has 0 saturated carbocycles. The summed E-state index contributed by atoms with van der Waals surface area (Å²) < 4.78 is 5.44. The number of para-hydroxylation sites is 5. The number of aromatic amines is 5. The van der Waals surface area contributed by atoms with Crippen molar-refractivity contribution in [1.82, 2.24) is 29.9 Å². The number of hydrogen-bond acceptors (Lipinski definition) is 7. The average molecular weight is 1170 g/mol. The normalized spacial score (nSPS) is 9.69. The average Bonchev–Trinajstić information content (AvgIpc) is 4.44. The predicted octanol–water partition coefficient (Wildman–Crippen LogP) is 17.2. The van der Waals surface area contributed by atoms with Gasteiger partial charge in [0.25, 0.3) is 0 Å². The third kappa shape index (κ3) is 28.3. The molecule has 0 bridgehead atoms. The number of aryl methyl sites for hydroxylation is 7. The van der Waals surface area contributed by atoms with Crippen molar-refractivity contribution in [2.45, 2.75) is 61.3 Å². The van der Waals surface area contributed by atoms with E-state index in [0.29, 0.717) is 0 Å². The number of nitriles is 2. The smallest absolute Gasteiger partial charge is 0.239 e. The van der Waals surface area contributed by atoms with E-state index in [-0.39, 0.29) is 0 Å². The molecular weight excluding hydrogens is 1090 g/mol. The molecule has 0 radical (unpaired) electrons. The molecule has 0 atom stereocenters. The van der Waals surface area contributed by atoms with E-state index in [2.05, 4.69) is 130 Å². The van der Waals surface area contributed by atoms with Crippen LogP contribution in [-0.4, -0.2) is 43.5 Å². The van der Waals surface area contributed by atoms with E-state index in [1.54, 1.807) is 37.4 Å². The Labute approximate surface area is 510 Å². The van der Waals surface area contributed by atoms with Gasteiger partial charge in [-0.2, -0.15) is 23.9 Å². The van der Waals surface area contributed by atoms with Crippen LogP contribution >= 0.6 is 21.4 Å². The van der Waals surface area contributed by atoms with Gasteiger partial charge < -0.3 is 15.0 Å². The van der Waals surface area contributed by atoms with Crippen molar-refractivity contribution in [3.8, 4) is 12.1 Å². The number of rotatable bonds is 0. The first-order chi connectivity index (χ1) is 41.4. The molecule has 0 spiro atoms. The van der Waals surface area contributed by atoms with Gasteiger partial charge in [-0.05, 0) is 131 Å². The first kappa shape index (κ1) is 68.2. The lowest BCUT2D eigenvalue weighted by molar-refractivity contribution is -0.376. The summed E-state index contributed by atoms with van der Waals surface area (Å²) in [5.74, 6) is 0. The molecule has 11 aromatic rings. The van der Waals surface area contributed by atoms with Gasteiger partial charge in [-0.1, -0.05) is 145 Å². The van der Waals surface area contributed by atoms with Crippen LogP contribution in [0, 0.1) is 84.3 Å². The highest BCUT2D eigenvalue weighted by molar-refractivity contribution is 7.88. The third-order valence-corrected chi connectivity index (χ3v) is 11.4. The second-order valence-corrected chi connectivity index (χ2v) is 17.8. The molecule has 0 aliphatic carbocycles. The summed E-state index contributed by atoms with van der Waals surface area (Å²) in [6, 6.07) is 61.1. The second kappa shape index (κ2) is 42.7. The molecular formula is C68H71N13PS2+. The Morgan fingerprint density at radius 2 is 1.04 bits per heavy atom. The lowest BCUT2D eigenvalue weighted by Gasteiger charge is -1.91. The van der Waals surface area contributed by atoms with Crippen molar-refractivity contribution < 1.29 is 4.98 Å². The predicted molar refractivity (Wildman–Crippen MR) is 356 cm³/mol. The molecule has 6 heterocycles. The van der Waals surface area contributed by atoms with Crippen LogP contribution in [0.1, 0.15) is 61.6 Å². The Hall–Kier alpha value is -10.1. The maximum absolute atomic E-state index is 8.47. The SMILES string of the molecule is C1=Nc2ccccc2C1.C1=Nc2ccccc2C1.Cc1c[nH+]c[nH]1.Cc1cccc(C#N)c1.Cc1ccccc1C#N.Cc1cnc[nH]1.Cc1cnc[nH]1.P=S.[2H]S.[C-]#[N+]c1ccccc1C.[C-]#[N+]c1ccccc1C.c1ccc2[nH]ccc2c1. The Kier molecular flexibility index (Phi) is 34.7. The van der Waals surface area contributed by atoms with E-state index in [1.807, 2.05) is 213 Å². The number of aliphatic imine (C=N–C) groups is 2. The summed E-state index contributed by atoms with van der Waals surface area (Å²) in [6.07, 6.45) is 18.4. The van der Waals surface area contributed by atoms with Gasteiger partial charge in [0, 0.05) is 67.7 Å². The molecule has 424 valence electrons. The Bertz CT molecular complexity index is 3480. The first-order valence-corrected chi connectivity index (χ1v) is 27.7. The van der Waals surface area contributed by atoms with Crippen molar-refractivity contribution in [1.29, 1.82) is 11.6 Å². The maximum Gasteiger partial charge on any atom is 0.239 e. The van der Waals surface area contributed by atoms with Crippen LogP contribution in [0.4, 0.5) is 22.7 Å². The number of imidazole rings is 3. The fourth-order valence-corrected chi connectivity index (χ4v) is 6.90. The number of H-pyrrole nitrogens is 5. The monoisotopic (exact) mass is 1170 g/mol. The quantitative estimate of drug-likeness (QED) is 0.0868. The molecule has 13 nitrogen and oxygen atoms in total. The summed E-state index contributed by atoms with van der Waals surface area (Å²) >= 11 is 6.67. The standard InChI is InChI=1S/7C8H7N.3C4H6N2.HPS.H2S/c3*1-2-4-8-7(3-1)5-6-9-8;2*1-7-5-3-4-6-8(7)9-2;1-7-3-2-4-8(5-7)6-9;1-7-4-2-3-5-8(7)6-9;3*1-4-2-5-3-6-4;1-2;/h2*1-4,6H,5H2;1-6,9H;2*3-6H,1H3;2*2-5H,1H3;3*2-3H,1H3,(H,5,6);1H;1H2/p+1/i/hD. The molecule has 16 heteroatoms. The first-order valence-electron chi connectivity index (χ1n) is 26.5. The van der Waals surface area contributed by atoms with Gasteiger partial charge in [0.2, 0.25) is 6.33 Å². The number of hydrogen-bond donors (Lipinski definition) is 4. The molecule has 0 saturated heterocycles. The molecule has 84 heavy (non-hydrogen) atoms. The van der Waals surface area contributed by atoms with Crippen LogP contribution in [0.3, 0.4) is 0 Å². The van der Waals surface area contributed by atoms with Crippen LogP contribution in [0.15, 0.2) is 230 Å². The minimum atomic E-state index is 0.731. The summed E-state index contributed by atoms with van der Waals surface area (Å²) in [5, 5.41) is 18.2. The summed E-state index contributed by atoms with van der Waals surface area (Å²) in [7, 11) is 2.56. The molecule has 0 fully saturated rings. The van der Waals surface area contributed by atoms with Gasteiger partial charge in [-0.25, -0.2) is 24.6 Å². The van der Waals surface area contributed by atoms with Crippen LogP contribution in [0.25, 0.3) is 20.6 Å². The molecule has 2 aliphatic heterocycles. The van der Waals surface area contributed by atoms with E-state index in [1.165, 1.54) is 22.0 Å². The largest absolute Gasteiger partial charge is 0.361 e. The maximum atomic E-state index is 8.47. The van der Waals surface area contributed by atoms with Crippen LogP contribution in [-0.2, 0) is 24.6 Å². The highest BCUT2D eigenvalue weighted by atomic mass is 32.4. The summed E-state index contributed by atoms with van der Waals surface area (Å²) in [4.78, 5) is 37.2. The zero-order valence-corrected chi connectivity index (χ0v) is 51.0. The molecule has 7 aromatic carbocycles. The molecule has 5 N–H and O–H groups in total. The second-order valence-electron chi connectivity index (χ2n) is 17.8. The van der Waals surface area contributed by atoms with E-state index in [4.69, 9.17) is 24.8 Å². The topological polar surface area (TPSA) is 184 Å². The van der Waals surface area contributed by atoms with Crippen molar-refractivity contribution in [3.05, 3.63) is 304 Å². The van der Waals surface area contributed by atoms with Crippen molar-refractivity contribution in [2.24, 2.45) is 9.98 Å². The minimum absolute atomic E-state index is 0.731. The highest BCUT2D eigenvalue weighted by Crippen LogP contribution is 2.23. The zero-order chi connectivity index (χ0) is 62.3. The van der Waals surface area contributed by atoms with Crippen LogP contribution in [0.2, 0.25) is 0 Å². The molecule has 0 unspecified atom stereocenters. The van der Waals surface area contributed by atoms with Crippen LogP contribution < -0.4 is 4.98 Å². The third-order valence-electron chi connectivity index (χ3n) is 11.4. The number of nitrogens with one attached hydrogen (secondary N) is 5. The van der Waals surface area contributed by atoms with Crippen molar-refractivity contribution in [3.63, 3.8) is 0 Å². The minimum Gasteiger partial charge on any atom is -0.361 e. The molecule has 2 aliphatic rings. The molecule has 0 amide bonds. The Morgan fingerprint density at radius 1 is 0.548 bits per heavy atom. The van der Waals surface area contributed by atoms with E-state index in [9.17, 15) is 0 Å². The van der Waals surface area contributed by atoms with Gasteiger partial charge in [-0.3, -0.25) is 15.0 Å². The van der Waals surface area contributed by atoms with Gasteiger partial charge in [-0.15, -0.1) is 0 Å². The number of fused-ring (bicyclic) bond motifs is 3. The van der Waals surface area contributed by atoms with E-state index >= 15 is 0 Å². The highest BCUT2D eigenvalue weighted by Gasteiger charge is 2.03. The number of nitrogens with zero attached hydrogens (tertiary/aromatic N) is 8. The van der Waals surface area contributed by atoms with Crippen molar-refractivity contribution in [2.75, 3.05) is 0 Å². The van der Waals surface area contributed by atoms with Gasteiger partial charge in [0.1, 0.15) is 11.9 Å².